The molecule has 0 bridgehead atoms. The fourth-order valence-electron chi connectivity index (χ4n) is 1.45. The second-order valence-electron chi connectivity index (χ2n) is 3.95. The summed E-state index contributed by atoms with van der Waals surface area (Å²) < 4.78 is 0. The second kappa shape index (κ2) is 8.26. The molecule has 0 aromatic rings. The summed E-state index contributed by atoms with van der Waals surface area (Å²) in [6, 6.07) is 0. The minimum absolute atomic E-state index is 0.0290. The summed E-state index contributed by atoms with van der Waals surface area (Å²) in [6.45, 7) is 4.62. The van der Waals surface area contributed by atoms with E-state index in [4.69, 9.17) is 5.11 Å². The molecule has 0 aliphatic carbocycles. The number of hydrogen-bond donors (Lipinski definition) is 2. The predicted molar refractivity (Wildman–Crippen MR) is 58.6 cm³/mol. The zero-order chi connectivity index (χ0) is 11.7. The SMILES string of the molecule is CCCC(C)CC(=O)NCCCC(=O)O. The zero-order valence-electron chi connectivity index (χ0n) is 9.58. The van der Waals surface area contributed by atoms with Crippen LogP contribution in [0.15, 0.2) is 0 Å². The summed E-state index contributed by atoms with van der Waals surface area (Å²) in [7, 11) is 0. The van der Waals surface area contributed by atoms with Crippen molar-refractivity contribution in [2.45, 2.75) is 46.0 Å². The topological polar surface area (TPSA) is 66.4 Å². The Hall–Kier alpha value is -1.06. The van der Waals surface area contributed by atoms with Crippen molar-refractivity contribution in [2.75, 3.05) is 6.54 Å². The standard InChI is InChI=1S/C11H21NO3/c1-3-5-9(2)8-10(13)12-7-4-6-11(14)15/h9H,3-8H2,1-2H3,(H,12,13)(H,14,15). The Labute approximate surface area is 91.1 Å². The van der Waals surface area contributed by atoms with E-state index in [2.05, 4.69) is 19.2 Å². The third-order valence-corrected chi connectivity index (χ3v) is 2.20. The molecule has 0 saturated carbocycles. The van der Waals surface area contributed by atoms with Crippen molar-refractivity contribution < 1.29 is 14.7 Å². The van der Waals surface area contributed by atoms with Crippen LogP contribution < -0.4 is 5.32 Å². The van der Waals surface area contributed by atoms with E-state index < -0.39 is 5.97 Å². The Balaban J connectivity index is 3.44. The highest BCUT2D eigenvalue weighted by Crippen LogP contribution is 2.09. The number of hydrogen-bond acceptors (Lipinski definition) is 2. The van der Waals surface area contributed by atoms with Gasteiger partial charge in [0.25, 0.3) is 0 Å². The molecule has 0 aliphatic heterocycles. The molecule has 0 aromatic carbocycles. The van der Waals surface area contributed by atoms with Crippen LogP contribution >= 0.6 is 0 Å². The Bertz CT molecular complexity index is 204. The third kappa shape index (κ3) is 9.25. The molecule has 4 heteroatoms. The fourth-order valence-corrected chi connectivity index (χ4v) is 1.45. The molecule has 15 heavy (non-hydrogen) atoms. The molecular formula is C11H21NO3. The van der Waals surface area contributed by atoms with Crippen LogP contribution in [0.4, 0.5) is 0 Å². The molecule has 0 aliphatic rings. The van der Waals surface area contributed by atoms with E-state index in [1.54, 1.807) is 0 Å². The lowest BCUT2D eigenvalue weighted by molar-refractivity contribution is -0.137. The number of carbonyl (C=O) groups excluding carboxylic acids is 1. The monoisotopic (exact) mass is 215 g/mol. The maximum absolute atomic E-state index is 11.3. The van der Waals surface area contributed by atoms with Gasteiger partial charge in [-0.05, 0) is 12.3 Å². The lowest BCUT2D eigenvalue weighted by Gasteiger charge is -2.09. The Morgan fingerprint density at radius 2 is 2.07 bits per heavy atom. The number of rotatable bonds is 8. The van der Waals surface area contributed by atoms with Gasteiger partial charge >= 0.3 is 5.97 Å². The van der Waals surface area contributed by atoms with Crippen molar-refractivity contribution >= 4 is 11.9 Å². The van der Waals surface area contributed by atoms with E-state index >= 15 is 0 Å². The molecule has 0 fully saturated rings. The Morgan fingerprint density at radius 1 is 1.40 bits per heavy atom. The lowest BCUT2D eigenvalue weighted by Crippen LogP contribution is -2.26. The lowest BCUT2D eigenvalue weighted by atomic mass is 10.0. The summed E-state index contributed by atoms with van der Waals surface area (Å²) in [4.78, 5) is 21.5. The number of aliphatic carboxylic acids is 1. The zero-order valence-corrected chi connectivity index (χ0v) is 9.58. The van der Waals surface area contributed by atoms with Crippen LogP contribution in [0.25, 0.3) is 0 Å². The van der Waals surface area contributed by atoms with E-state index in [0.29, 0.717) is 25.3 Å². The first-order chi connectivity index (χ1) is 7.06. The first-order valence-electron chi connectivity index (χ1n) is 5.54. The van der Waals surface area contributed by atoms with Crippen LogP contribution in [0.2, 0.25) is 0 Å². The van der Waals surface area contributed by atoms with Crippen LogP contribution in [0, 0.1) is 5.92 Å². The van der Waals surface area contributed by atoms with E-state index in [-0.39, 0.29) is 12.3 Å². The normalized spacial score (nSPS) is 12.1. The molecule has 0 spiro atoms. The first kappa shape index (κ1) is 13.9. The number of nitrogens with one attached hydrogen (secondary N) is 1. The Morgan fingerprint density at radius 3 is 2.60 bits per heavy atom. The van der Waals surface area contributed by atoms with Gasteiger partial charge in [0.2, 0.25) is 5.91 Å². The van der Waals surface area contributed by atoms with Crippen molar-refractivity contribution in [3.8, 4) is 0 Å². The van der Waals surface area contributed by atoms with Gasteiger partial charge in [0.1, 0.15) is 0 Å². The summed E-state index contributed by atoms with van der Waals surface area (Å²) in [5, 5.41) is 11.1. The van der Waals surface area contributed by atoms with Crippen LogP contribution in [0.5, 0.6) is 0 Å². The number of amides is 1. The van der Waals surface area contributed by atoms with Gasteiger partial charge in [-0.25, -0.2) is 0 Å². The van der Waals surface area contributed by atoms with E-state index in [0.717, 1.165) is 12.8 Å². The van der Waals surface area contributed by atoms with Crippen LogP contribution in [-0.2, 0) is 9.59 Å². The number of carboxylic acid groups (broad SMARTS) is 1. The molecule has 1 amide bonds. The maximum atomic E-state index is 11.3. The van der Waals surface area contributed by atoms with Crippen LogP contribution in [0.1, 0.15) is 46.0 Å². The van der Waals surface area contributed by atoms with Crippen molar-refractivity contribution in [2.24, 2.45) is 5.92 Å². The van der Waals surface area contributed by atoms with E-state index in [1.165, 1.54) is 0 Å². The van der Waals surface area contributed by atoms with Crippen molar-refractivity contribution in [3.05, 3.63) is 0 Å². The molecule has 1 unspecified atom stereocenters. The van der Waals surface area contributed by atoms with E-state index in [1.807, 2.05) is 0 Å². The molecular weight excluding hydrogens is 194 g/mol. The van der Waals surface area contributed by atoms with Gasteiger partial charge in [0.05, 0.1) is 0 Å². The molecule has 1 atom stereocenters. The van der Waals surface area contributed by atoms with Gasteiger partial charge in [0.15, 0.2) is 0 Å². The first-order valence-corrected chi connectivity index (χ1v) is 5.54. The molecule has 88 valence electrons. The predicted octanol–water partition coefficient (Wildman–Crippen LogP) is 1.79. The summed E-state index contributed by atoms with van der Waals surface area (Å²) in [5.41, 5.74) is 0. The van der Waals surface area contributed by atoms with Crippen molar-refractivity contribution in [3.63, 3.8) is 0 Å². The van der Waals surface area contributed by atoms with Gasteiger partial charge in [-0.3, -0.25) is 9.59 Å². The number of carbonyl (C=O) groups is 2. The molecule has 0 heterocycles. The maximum Gasteiger partial charge on any atom is 0.303 e. The minimum atomic E-state index is -0.816. The highest BCUT2D eigenvalue weighted by Gasteiger charge is 2.07. The molecule has 2 N–H and O–H groups in total. The van der Waals surface area contributed by atoms with Crippen molar-refractivity contribution in [1.82, 2.24) is 5.32 Å². The average molecular weight is 215 g/mol. The third-order valence-electron chi connectivity index (χ3n) is 2.20. The quantitative estimate of drug-likeness (QED) is 0.607. The fraction of sp³-hybridized carbons (Fsp3) is 0.818. The second-order valence-corrected chi connectivity index (χ2v) is 3.95. The highest BCUT2D eigenvalue weighted by atomic mass is 16.4. The largest absolute Gasteiger partial charge is 0.481 e. The van der Waals surface area contributed by atoms with Crippen LogP contribution in [0.3, 0.4) is 0 Å². The van der Waals surface area contributed by atoms with Gasteiger partial charge in [0, 0.05) is 19.4 Å². The number of carboxylic acids is 1. The molecule has 4 nitrogen and oxygen atoms in total. The molecule has 0 rings (SSSR count). The molecule has 0 radical (unpaired) electrons. The summed E-state index contributed by atoms with van der Waals surface area (Å²) >= 11 is 0. The Kier molecular flexibility index (Phi) is 7.68. The summed E-state index contributed by atoms with van der Waals surface area (Å²) in [5.74, 6) is -0.376. The highest BCUT2D eigenvalue weighted by molar-refractivity contribution is 5.76. The van der Waals surface area contributed by atoms with E-state index in [9.17, 15) is 9.59 Å². The van der Waals surface area contributed by atoms with Crippen molar-refractivity contribution in [1.29, 1.82) is 0 Å². The van der Waals surface area contributed by atoms with Gasteiger partial charge in [-0.1, -0.05) is 26.7 Å². The van der Waals surface area contributed by atoms with Gasteiger partial charge in [-0.15, -0.1) is 0 Å². The minimum Gasteiger partial charge on any atom is -0.481 e. The molecule has 0 aromatic heterocycles. The van der Waals surface area contributed by atoms with Gasteiger partial charge < -0.3 is 10.4 Å². The van der Waals surface area contributed by atoms with Crippen LogP contribution in [-0.4, -0.2) is 23.5 Å². The van der Waals surface area contributed by atoms with Gasteiger partial charge in [-0.2, -0.15) is 0 Å². The smallest absolute Gasteiger partial charge is 0.303 e. The summed E-state index contributed by atoms with van der Waals surface area (Å²) in [6.07, 6.45) is 3.31. The average Bonchev–Trinajstić information content (AvgIpc) is 2.12. The molecule has 0 saturated heterocycles.